The van der Waals surface area contributed by atoms with Gasteiger partial charge in [0.25, 0.3) is 10.0 Å². The van der Waals surface area contributed by atoms with Crippen LogP contribution in [0.25, 0.3) is 0 Å². The van der Waals surface area contributed by atoms with Gasteiger partial charge < -0.3 is 10.2 Å². The lowest BCUT2D eigenvalue weighted by atomic mass is 10.0. The number of benzene rings is 3. The molecule has 0 fully saturated rings. The Bertz CT molecular complexity index is 1330. The third kappa shape index (κ3) is 7.14. The molecule has 0 aromatic heterocycles. The van der Waals surface area contributed by atoms with Gasteiger partial charge in [-0.25, -0.2) is 8.42 Å². The fourth-order valence-corrected chi connectivity index (χ4v) is 5.53. The van der Waals surface area contributed by atoms with Crippen LogP contribution in [0.4, 0.5) is 5.69 Å². The number of hydrogen-bond acceptors (Lipinski definition) is 4. The van der Waals surface area contributed by atoms with Gasteiger partial charge in [0.05, 0.1) is 10.6 Å². The molecule has 0 spiro atoms. The molecule has 1 atom stereocenters. The van der Waals surface area contributed by atoms with Crippen molar-refractivity contribution >= 4 is 39.1 Å². The summed E-state index contributed by atoms with van der Waals surface area (Å²) in [6.45, 7) is 7.57. The summed E-state index contributed by atoms with van der Waals surface area (Å²) in [5, 5.41) is 3.30. The highest BCUT2D eigenvalue weighted by Gasteiger charge is 2.32. The number of likely N-dealkylation sites (N-methyl/N-ethyl adjacent to an activating group) is 1. The largest absolute Gasteiger partial charge is 0.355 e. The lowest BCUT2D eigenvalue weighted by Crippen LogP contribution is -2.51. The van der Waals surface area contributed by atoms with Gasteiger partial charge in [-0.3, -0.25) is 13.9 Å². The Hall–Kier alpha value is -3.36. The van der Waals surface area contributed by atoms with Crippen LogP contribution in [0, 0.1) is 0 Å². The normalized spacial score (nSPS) is 12.2. The van der Waals surface area contributed by atoms with Crippen LogP contribution in [0.5, 0.6) is 0 Å². The minimum Gasteiger partial charge on any atom is -0.355 e. The van der Waals surface area contributed by atoms with Crippen molar-refractivity contribution in [1.29, 1.82) is 0 Å². The van der Waals surface area contributed by atoms with Crippen molar-refractivity contribution in [3.63, 3.8) is 0 Å². The Morgan fingerprint density at radius 1 is 0.895 bits per heavy atom. The summed E-state index contributed by atoms with van der Waals surface area (Å²) in [5.74, 6) is -0.572. The average Bonchev–Trinajstić information content (AvgIpc) is 2.91. The van der Waals surface area contributed by atoms with E-state index in [1.165, 1.54) is 17.0 Å². The van der Waals surface area contributed by atoms with Crippen molar-refractivity contribution < 1.29 is 18.0 Å². The number of halogens is 1. The Morgan fingerprint density at radius 2 is 1.50 bits per heavy atom. The van der Waals surface area contributed by atoms with Crippen LogP contribution in [0.2, 0.25) is 5.02 Å². The highest BCUT2D eigenvalue weighted by molar-refractivity contribution is 7.92. The molecule has 0 aliphatic heterocycles. The van der Waals surface area contributed by atoms with Gasteiger partial charge in [-0.15, -0.1) is 0 Å². The average molecular weight is 556 g/mol. The number of rotatable bonds is 11. The lowest BCUT2D eigenvalue weighted by Gasteiger charge is -2.32. The second kappa shape index (κ2) is 12.9. The summed E-state index contributed by atoms with van der Waals surface area (Å²) in [4.78, 5) is 28.0. The van der Waals surface area contributed by atoms with E-state index in [1.54, 1.807) is 68.4 Å². The van der Waals surface area contributed by atoms with Crippen LogP contribution in [-0.4, -0.2) is 44.3 Å². The summed E-state index contributed by atoms with van der Waals surface area (Å²) in [6.07, 6.45) is 0. The lowest BCUT2D eigenvalue weighted by molar-refractivity contribution is -0.139. The van der Waals surface area contributed by atoms with E-state index in [4.69, 9.17) is 11.6 Å². The SMILES string of the molecule is CCNC(=O)C(C)N(Cc1ccc(Cl)cc1)C(=O)CN(c1ccc(C(C)C)cc1)S(=O)(=O)c1ccccc1. The minimum absolute atomic E-state index is 0.0711. The van der Waals surface area contributed by atoms with Crippen LogP contribution >= 0.6 is 11.6 Å². The van der Waals surface area contributed by atoms with E-state index in [0.29, 0.717) is 17.3 Å². The molecule has 0 heterocycles. The zero-order valence-corrected chi connectivity index (χ0v) is 23.7. The predicted molar refractivity (Wildman–Crippen MR) is 152 cm³/mol. The Balaban J connectivity index is 2.02. The van der Waals surface area contributed by atoms with Crippen molar-refractivity contribution in [3.05, 3.63) is 95.0 Å². The predicted octanol–water partition coefficient (Wildman–Crippen LogP) is 5.21. The molecule has 0 saturated carbocycles. The highest BCUT2D eigenvalue weighted by atomic mass is 35.5. The van der Waals surface area contributed by atoms with Crippen LogP contribution in [0.3, 0.4) is 0 Å². The first-order valence-electron chi connectivity index (χ1n) is 12.5. The van der Waals surface area contributed by atoms with Crippen molar-refractivity contribution in [2.45, 2.75) is 51.1 Å². The zero-order valence-electron chi connectivity index (χ0n) is 22.1. The molecular weight excluding hydrogens is 522 g/mol. The molecule has 1 unspecified atom stereocenters. The van der Waals surface area contributed by atoms with Gasteiger partial charge in [-0.1, -0.05) is 67.9 Å². The first kappa shape index (κ1) is 29.2. The van der Waals surface area contributed by atoms with Gasteiger partial charge in [0.15, 0.2) is 0 Å². The van der Waals surface area contributed by atoms with Crippen LogP contribution in [0.15, 0.2) is 83.8 Å². The Morgan fingerprint density at radius 3 is 2.05 bits per heavy atom. The minimum atomic E-state index is -4.08. The molecule has 2 amide bonds. The quantitative estimate of drug-likeness (QED) is 0.352. The summed E-state index contributed by atoms with van der Waals surface area (Å²) in [7, 11) is -4.08. The second-order valence-corrected chi connectivity index (χ2v) is 11.6. The van der Waals surface area contributed by atoms with E-state index in [1.807, 2.05) is 26.0 Å². The number of anilines is 1. The summed E-state index contributed by atoms with van der Waals surface area (Å²) in [5.41, 5.74) is 2.17. The molecule has 38 heavy (non-hydrogen) atoms. The maximum Gasteiger partial charge on any atom is 0.264 e. The number of nitrogens with zero attached hydrogens (tertiary/aromatic N) is 2. The topological polar surface area (TPSA) is 86.8 Å². The van der Waals surface area contributed by atoms with E-state index >= 15 is 0 Å². The van der Waals surface area contributed by atoms with E-state index < -0.39 is 28.5 Å². The van der Waals surface area contributed by atoms with Crippen molar-refractivity contribution in [3.8, 4) is 0 Å². The van der Waals surface area contributed by atoms with Crippen molar-refractivity contribution in [2.24, 2.45) is 0 Å². The standard InChI is InChI=1S/C29H34ClN3O4S/c1-5-31-29(35)22(4)32(19-23-11-15-25(30)16-12-23)28(34)20-33(26-17-13-24(14-18-26)21(2)3)38(36,37)27-9-7-6-8-10-27/h6-18,21-22H,5,19-20H2,1-4H3,(H,31,35). The van der Waals surface area contributed by atoms with Gasteiger partial charge in [-0.2, -0.15) is 0 Å². The van der Waals surface area contributed by atoms with Gasteiger partial charge in [0.1, 0.15) is 12.6 Å². The van der Waals surface area contributed by atoms with Gasteiger partial charge in [0.2, 0.25) is 11.8 Å². The van der Waals surface area contributed by atoms with Gasteiger partial charge in [-0.05, 0) is 67.3 Å². The molecule has 0 aliphatic carbocycles. The molecule has 0 saturated heterocycles. The molecule has 0 aliphatic rings. The molecule has 3 rings (SSSR count). The third-order valence-electron chi connectivity index (χ3n) is 6.24. The fraction of sp³-hybridized carbons (Fsp3) is 0.310. The molecule has 0 radical (unpaired) electrons. The van der Waals surface area contributed by atoms with Crippen molar-refractivity contribution in [2.75, 3.05) is 17.4 Å². The van der Waals surface area contributed by atoms with Crippen molar-refractivity contribution in [1.82, 2.24) is 10.2 Å². The molecular formula is C29H34ClN3O4S. The van der Waals surface area contributed by atoms with E-state index in [-0.39, 0.29) is 23.3 Å². The summed E-state index contributed by atoms with van der Waals surface area (Å²) < 4.78 is 28.7. The van der Waals surface area contributed by atoms with Gasteiger partial charge >= 0.3 is 0 Å². The zero-order chi connectivity index (χ0) is 27.9. The number of hydrogen-bond donors (Lipinski definition) is 1. The van der Waals surface area contributed by atoms with Crippen LogP contribution in [-0.2, 0) is 26.2 Å². The second-order valence-electron chi connectivity index (χ2n) is 9.29. The monoisotopic (exact) mass is 555 g/mol. The first-order valence-corrected chi connectivity index (χ1v) is 14.4. The molecule has 0 bridgehead atoms. The number of carbonyl (C=O) groups is 2. The molecule has 3 aromatic carbocycles. The number of carbonyl (C=O) groups excluding carboxylic acids is 2. The highest BCUT2D eigenvalue weighted by Crippen LogP contribution is 2.26. The smallest absolute Gasteiger partial charge is 0.264 e. The Labute approximate surface area is 230 Å². The maximum absolute atomic E-state index is 13.8. The third-order valence-corrected chi connectivity index (χ3v) is 8.28. The number of sulfonamides is 1. The van der Waals surface area contributed by atoms with Crippen LogP contribution in [0.1, 0.15) is 44.7 Å². The fourth-order valence-electron chi connectivity index (χ4n) is 3.96. The number of nitrogens with one attached hydrogen (secondary N) is 1. The Kier molecular flexibility index (Phi) is 9.94. The summed E-state index contributed by atoms with van der Waals surface area (Å²) >= 11 is 6.02. The molecule has 9 heteroatoms. The van der Waals surface area contributed by atoms with E-state index in [9.17, 15) is 18.0 Å². The molecule has 3 aromatic rings. The molecule has 1 N–H and O–H groups in total. The number of amides is 2. The molecule has 202 valence electrons. The first-order chi connectivity index (χ1) is 18.0. The maximum atomic E-state index is 13.8. The summed E-state index contributed by atoms with van der Waals surface area (Å²) in [6, 6.07) is 21.3. The van der Waals surface area contributed by atoms with E-state index in [2.05, 4.69) is 5.32 Å². The van der Waals surface area contributed by atoms with Crippen LogP contribution < -0.4 is 9.62 Å². The molecule has 7 nitrogen and oxygen atoms in total. The van der Waals surface area contributed by atoms with Gasteiger partial charge in [0, 0.05) is 18.1 Å². The van der Waals surface area contributed by atoms with E-state index in [0.717, 1.165) is 15.4 Å².